The molecule has 0 amide bonds. The second-order valence-electron chi connectivity index (χ2n) is 5.55. The summed E-state index contributed by atoms with van der Waals surface area (Å²) in [5.74, 6) is -0.761. The van der Waals surface area contributed by atoms with Crippen LogP contribution in [-0.4, -0.2) is 22.3 Å². The van der Waals surface area contributed by atoms with Crippen molar-refractivity contribution < 1.29 is 15.0 Å². The fourth-order valence-corrected chi connectivity index (χ4v) is 1.87. The van der Waals surface area contributed by atoms with Gasteiger partial charge in [-0.1, -0.05) is 79.8 Å². The molecule has 2 N–H and O–H groups in total. The summed E-state index contributed by atoms with van der Waals surface area (Å²) in [6.45, 7) is 2.11. The van der Waals surface area contributed by atoms with E-state index in [9.17, 15) is 9.90 Å². The lowest BCUT2D eigenvalue weighted by Gasteiger charge is -1.98. The molecule has 0 aliphatic carbocycles. The maximum absolute atomic E-state index is 10.3. The lowest BCUT2D eigenvalue weighted by molar-refractivity contribution is -0.136. The van der Waals surface area contributed by atoms with E-state index in [0.29, 0.717) is 12.8 Å². The van der Waals surface area contributed by atoms with Crippen molar-refractivity contribution in [3.05, 3.63) is 72.9 Å². The number of hydrogen-bond acceptors (Lipinski definition) is 2. The van der Waals surface area contributed by atoms with Crippen LogP contribution in [0.2, 0.25) is 0 Å². The van der Waals surface area contributed by atoms with Crippen molar-refractivity contribution in [2.45, 2.75) is 58.0 Å². The first-order chi connectivity index (χ1) is 12.2. The van der Waals surface area contributed by atoms with Gasteiger partial charge in [0, 0.05) is 6.42 Å². The third kappa shape index (κ3) is 19.8. The number of allylic oxidation sites excluding steroid dienone is 10. The standard InChI is InChI=1S/C22H32O3/c1-2-3-4-5-12-15-18-21(23)19-16-13-10-8-6-7-9-11-14-17-20-22(24)25/h3-4,6-7,10-16,19,21,23H,2,5,8-9,17-18,20H2,1H3,(H,24,25)/b4-3-,7-6-,13-10-,14-11-,15-12-,19-16+. The van der Waals surface area contributed by atoms with Crippen LogP contribution in [0.1, 0.15) is 51.9 Å². The number of aliphatic hydroxyl groups is 1. The second-order valence-corrected chi connectivity index (χ2v) is 5.55. The molecule has 0 saturated carbocycles. The average Bonchev–Trinajstić information content (AvgIpc) is 2.58. The zero-order valence-corrected chi connectivity index (χ0v) is 15.3. The van der Waals surface area contributed by atoms with Crippen molar-refractivity contribution in [2.24, 2.45) is 0 Å². The highest BCUT2D eigenvalue weighted by atomic mass is 16.4. The van der Waals surface area contributed by atoms with E-state index in [1.165, 1.54) is 0 Å². The molecule has 0 saturated heterocycles. The lowest BCUT2D eigenvalue weighted by Crippen LogP contribution is -1.98. The van der Waals surface area contributed by atoms with Crippen LogP contribution in [0.15, 0.2) is 72.9 Å². The van der Waals surface area contributed by atoms with E-state index in [1.54, 1.807) is 6.08 Å². The van der Waals surface area contributed by atoms with Crippen LogP contribution in [0.5, 0.6) is 0 Å². The fourth-order valence-electron chi connectivity index (χ4n) is 1.87. The molecule has 0 fully saturated rings. The minimum atomic E-state index is -0.761. The van der Waals surface area contributed by atoms with Gasteiger partial charge in [-0.15, -0.1) is 0 Å². The van der Waals surface area contributed by atoms with Gasteiger partial charge in [0.1, 0.15) is 0 Å². The molecule has 0 radical (unpaired) electrons. The highest BCUT2D eigenvalue weighted by Crippen LogP contribution is 1.99. The molecule has 1 unspecified atom stereocenters. The van der Waals surface area contributed by atoms with Gasteiger partial charge < -0.3 is 10.2 Å². The summed E-state index contributed by atoms with van der Waals surface area (Å²) in [7, 11) is 0. The first kappa shape index (κ1) is 22.9. The molecule has 3 nitrogen and oxygen atoms in total. The molecule has 0 aromatic carbocycles. The maximum Gasteiger partial charge on any atom is 0.303 e. The highest BCUT2D eigenvalue weighted by Gasteiger charge is 1.92. The zero-order chi connectivity index (χ0) is 18.6. The Bertz CT molecular complexity index is 493. The van der Waals surface area contributed by atoms with Gasteiger partial charge in [-0.2, -0.15) is 0 Å². The van der Waals surface area contributed by atoms with Gasteiger partial charge in [0.2, 0.25) is 0 Å². The van der Waals surface area contributed by atoms with E-state index < -0.39 is 12.1 Å². The van der Waals surface area contributed by atoms with Crippen molar-refractivity contribution in [3.8, 4) is 0 Å². The Balaban J connectivity index is 3.71. The molecule has 0 aromatic rings. The molecule has 0 heterocycles. The molecule has 0 bridgehead atoms. The minimum Gasteiger partial charge on any atom is -0.481 e. The zero-order valence-electron chi connectivity index (χ0n) is 15.3. The summed E-state index contributed by atoms with van der Waals surface area (Å²) >= 11 is 0. The van der Waals surface area contributed by atoms with Crippen LogP contribution < -0.4 is 0 Å². The van der Waals surface area contributed by atoms with E-state index in [2.05, 4.69) is 37.3 Å². The number of hydrogen-bond donors (Lipinski definition) is 2. The van der Waals surface area contributed by atoms with Crippen molar-refractivity contribution >= 4 is 5.97 Å². The monoisotopic (exact) mass is 344 g/mol. The molecular weight excluding hydrogens is 312 g/mol. The first-order valence-corrected chi connectivity index (χ1v) is 9.00. The predicted octanol–water partition coefficient (Wildman–Crippen LogP) is 5.52. The Morgan fingerprint density at radius 1 is 0.840 bits per heavy atom. The van der Waals surface area contributed by atoms with Gasteiger partial charge in [-0.3, -0.25) is 4.79 Å². The third-order valence-corrected chi connectivity index (χ3v) is 3.20. The van der Waals surface area contributed by atoms with Crippen molar-refractivity contribution in [1.29, 1.82) is 0 Å². The van der Waals surface area contributed by atoms with E-state index in [1.807, 2.05) is 36.5 Å². The number of carbonyl (C=O) groups is 1. The van der Waals surface area contributed by atoms with Gasteiger partial charge >= 0.3 is 5.97 Å². The minimum absolute atomic E-state index is 0.187. The summed E-state index contributed by atoms with van der Waals surface area (Å²) in [4.78, 5) is 10.3. The Hall–Kier alpha value is -2.13. The number of carboxylic acid groups (broad SMARTS) is 1. The van der Waals surface area contributed by atoms with Crippen molar-refractivity contribution in [3.63, 3.8) is 0 Å². The van der Waals surface area contributed by atoms with E-state index in [4.69, 9.17) is 5.11 Å². The number of aliphatic carboxylic acids is 1. The molecule has 0 aliphatic rings. The van der Waals surface area contributed by atoms with E-state index in [0.717, 1.165) is 25.7 Å². The second kappa shape index (κ2) is 18.2. The molecule has 3 heteroatoms. The van der Waals surface area contributed by atoms with Crippen LogP contribution in [-0.2, 0) is 4.79 Å². The number of rotatable bonds is 14. The largest absolute Gasteiger partial charge is 0.481 e. The van der Waals surface area contributed by atoms with E-state index in [-0.39, 0.29) is 6.42 Å². The highest BCUT2D eigenvalue weighted by molar-refractivity contribution is 5.66. The lowest BCUT2D eigenvalue weighted by atomic mass is 10.2. The van der Waals surface area contributed by atoms with Crippen LogP contribution in [0.3, 0.4) is 0 Å². The Morgan fingerprint density at radius 2 is 1.44 bits per heavy atom. The maximum atomic E-state index is 10.3. The van der Waals surface area contributed by atoms with Gasteiger partial charge in [0.05, 0.1) is 6.10 Å². The smallest absolute Gasteiger partial charge is 0.303 e. The predicted molar refractivity (Wildman–Crippen MR) is 106 cm³/mol. The van der Waals surface area contributed by atoms with Gasteiger partial charge in [-0.25, -0.2) is 0 Å². The summed E-state index contributed by atoms with van der Waals surface area (Å²) < 4.78 is 0. The summed E-state index contributed by atoms with van der Waals surface area (Å²) in [5, 5.41) is 18.3. The molecule has 0 spiro atoms. The first-order valence-electron chi connectivity index (χ1n) is 9.00. The quantitative estimate of drug-likeness (QED) is 0.322. The molecule has 25 heavy (non-hydrogen) atoms. The number of aliphatic hydroxyl groups excluding tert-OH is 1. The van der Waals surface area contributed by atoms with Crippen LogP contribution in [0, 0.1) is 0 Å². The number of carboxylic acids is 1. The molecular formula is C22H32O3. The topological polar surface area (TPSA) is 57.5 Å². The molecule has 0 rings (SSSR count). The molecule has 0 aliphatic heterocycles. The van der Waals surface area contributed by atoms with Crippen LogP contribution >= 0.6 is 0 Å². The normalized spacial score (nSPS) is 14.3. The Labute approximate surface area is 152 Å². The molecule has 1 atom stereocenters. The Kier molecular flexibility index (Phi) is 16.7. The van der Waals surface area contributed by atoms with Gasteiger partial charge in [-0.05, 0) is 38.5 Å². The average molecular weight is 344 g/mol. The summed E-state index contributed by atoms with van der Waals surface area (Å²) in [5.41, 5.74) is 0. The Morgan fingerprint density at radius 3 is 2.12 bits per heavy atom. The van der Waals surface area contributed by atoms with Crippen molar-refractivity contribution in [2.75, 3.05) is 0 Å². The summed E-state index contributed by atoms with van der Waals surface area (Å²) in [6.07, 6.45) is 28.6. The van der Waals surface area contributed by atoms with Gasteiger partial charge in [0.15, 0.2) is 0 Å². The van der Waals surface area contributed by atoms with Crippen LogP contribution in [0.25, 0.3) is 0 Å². The van der Waals surface area contributed by atoms with Crippen molar-refractivity contribution in [1.82, 2.24) is 0 Å². The molecule has 138 valence electrons. The molecule has 0 aromatic heterocycles. The van der Waals surface area contributed by atoms with E-state index >= 15 is 0 Å². The van der Waals surface area contributed by atoms with Gasteiger partial charge in [0.25, 0.3) is 0 Å². The fraction of sp³-hybridized carbons (Fsp3) is 0.409. The SMILES string of the molecule is CC/C=C\C/C=C\CC(O)/C=C/C=C\C/C=C\C/C=C\CCC(=O)O. The van der Waals surface area contributed by atoms with Crippen LogP contribution in [0.4, 0.5) is 0 Å². The third-order valence-electron chi connectivity index (χ3n) is 3.20. The summed E-state index contributed by atoms with van der Waals surface area (Å²) in [6, 6.07) is 0.